The van der Waals surface area contributed by atoms with E-state index in [9.17, 15) is 26.0 Å². The van der Waals surface area contributed by atoms with Gasteiger partial charge in [0.05, 0.1) is 14.7 Å². The third-order valence-corrected chi connectivity index (χ3v) is 8.76. The van der Waals surface area contributed by atoms with Crippen LogP contribution >= 0.6 is 0 Å². The van der Waals surface area contributed by atoms with Gasteiger partial charge in [-0.15, -0.1) is 0 Å². The van der Waals surface area contributed by atoms with Gasteiger partial charge in [-0.3, -0.25) is 0 Å². The zero-order valence-electron chi connectivity index (χ0n) is 17.7. The summed E-state index contributed by atoms with van der Waals surface area (Å²) < 4.78 is 68.2. The Kier molecular flexibility index (Phi) is 6.91. The number of nitrogens with zero attached hydrogens (tertiary/aromatic N) is 1. The topological polar surface area (TPSA) is 121 Å². The number of likely N-dealkylation sites (tertiary alicyclic amines) is 1. The number of benzene rings is 2. The summed E-state index contributed by atoms with van der Waals surface area (Å²) in [5, 5.41) is 9.06. The van der Waals surface area contributed by atoms with E-state index in [4.69, 9.17) is 5.11 Å². The van der Waals surface area contributed by atoms with Crippen molar-refractivity contribution in [3.8, 4) is 0 Å². The number of piperidine rings is 1. The Balaban J connectivity index is 1.96. The number of carbonyl (C=O) groups is 1. The summed E-state index contributed by atoms with van der Waals surface area (Å²) >= 11 is 0. The molecule has 1 fully saturated rings. The Morgan fingerprint density at radius 3 is 2.12 bits per heavy atom. The molecule has 2 aromatic rings. The van der Waals surface area contributed by atoms with Gasteiger partial charge in [0.2, 0.25) is 19.9 Å². The molecule has 0 atom stereocenters. The van der Waals surface area contributed by atoms with Gasteiger partial charge in [-0.25, -0.2) is 30.7 Å². The third kappa shape index (κ3) is 5.11. The van der Waals surface area contributed by atoms with E-state index in [0.29, 0.717) is 18.4 Å². The highest BCUT2D eigenvalue weighted by Crippen LogP contribution is 2.30. The van der Waals surface area contributed by atoms with Crippen LogP contribution in [0.15, 0.2) is 57.2 Å². The Morgan fingerprint density at radius 1 is 1.03 bits per heavy atom. The Morgan fingerprint density at radius 2 is 1.59 bits per heavy atom. The quantitative estimate of drug-likeness (QED) is 0.608. The molecule has 2 N–H and O–H groups in total. The average Bonchev–Trinajstić information content (AvgIpc) is 2.73. The van der Waals surface area contributed by atoms with Crippen LogP contribution in [-0.4, -0.2) is 52.1 Å². The standard InChI is InChI=1S/C21H25FN2O6S2/c1-14(2)19-8-7-18(31(27,28)17-5-3-15(22)4-6-17)13-20(19)32(29,30)23-16-9-11-24(12-10-16)21(25)26/h3-8,13-14,16,23H,9-12H2,1-2H3,(H,25,26). The summed E-state index contributed by atoms with van der Waals surface area (Å²) in [5.74, 6) is -0.779. The molecule has 0 spiro atoms. The van der Waals surface area contributed by atoms with Gasteiger partial charge >= 0.3 is 6.09 Å². The summed E-state index contributed by atoms with van der Waals surface area (Å²) in [6, 6.07) is 7.79. The molecule has 1 amide bonds. The molecule has 1 aliphatic rings. The minimum atomic E-state index is -4.09. The molecule has 0 unspecified atom stereocenters. The highest BCUT2D eigenvalue weighted by Gasteiger charge is 2.30. The van der Waals surface area contributed by atoms with Crippen LogP contribution < -0.4 is 4.72 Å². The van der Waals surface area contributed by atoms with Crippen molar-refractivity contribution < 1.29 is 31.1 Å². The molecule has 11 heteroatoms. The maximum absolute atomic E-state index is 13.2. The first kappa shape index (κ1) is 24.1. The Hall–Kier alpha value is -2.50. The molecule has 0 bridgehead atoms. The monoisotopic (exact) mass is 484 g/mol. The van der Waals surface area contributed by atoms with Crippen LogP contribution in [0.1, 0.15) is 38.2 Å². The number of halogens is 1. The fraction of sp³-hybridized carbons (Fsp3) is 0.381. The fourth-order valence-electron chi connectivity index (χ4n) is 3.61. The predicted molar refractivity (Wildman–Crippen MR) is 115 cm³/mol. The SMILES string of the molecule is CC(C)c1ccc(S(=O)(=O)c2ccc(F)cc2)cc1S(=O)(=O)NC1CCN(C(=O)O)CC1. The van der Waals surface area contributed by atoms with Crippen LogP contribution in [0.2, 0.25) is 0 Å². The second kappa shape index (κ2) is 9.16. The number of sulfone groups is 1. The first-order chi connectivity index (χ1) is 14.9. The van der Waals surface area contributed by atoms with Gasteiger partial charge in [0.1, 0.15) is 5.82 Å². The van der Waals surface area contributed by atoms with Crippen molar-refractivity contribution in [2.45, 2.75) is 53.3 Å². The number of amides is 1. The fourth-order valence-corrected chi connectivity index (χ4v) is 6.67. The van der Waals surface area contributed by atoms with Crippen LogP contribution in [0.4, 0.5) is 9.18 Å². The summed E-state index contributed by atoms with van der Waals surface area (Å²) in [6.45, 7) is 4.01. The van der Waals surface area contributed by atoms with Crippen LogP contribution in [0.25, 0.3) is 0 Å². The number of rotatable bonds is 6. The van der Waals surface area contributed by atoms with E-state index in [-0.39, 0.29) is 33.7 Å². The first-order valence-electron chi connectivity index (χ1n) is 10.1. The molecular weight excluding hydrogens is 459 g/mol. The van der Waals surface area contributed by atoms with E-state index in [1.54, 1.807) is 13.8 Å². The number of carboxylic acid groups (broad SMARTS) is 1. The Bertz CT molecular complexity index is 1200. The molecule has 2 aromatic carbocycles. The van der Waals surface area contributed by atoms with E-state index in [1.165, 1.54) is 17.0 Å². The largest absolute Gasteiger partial charge is 0.465 e. The van der Waals surface area contributed by atoms with E-state index in [2.05, 4.69) is 4.72 Å². The summed E-state index contributed by atoms with van der Waals surface area (Å²) in [5.41, 5.74) is 0.457. The Labute approximate surface area is 187 Å². The number of hydrogen-bond acceptors (Lipinski definition) is 5. The predicted octanol–water partition coefficient (Wildman–Crippen LogP) is 3.20. The van der Waals surface area contributed by atoms with Gasteiger partial charge < -0.3 is 10.0 Å². The maximum atomic E-state index is 13.2. The number of sulfonamides is 1. The lowest BCUT2D eigenvalue weighted by Gasteiger charge is -2.30. The summed E-state index contributed by atoms with van der Waals surface area (Å²) in [7, 11) is -8.15. The molecule has 0 saturated carbocycles. The van der Waals surface area contributed by atoms with Crippen molar-refractivity contribution in [1.29, 1.82) is 0 Å². The average molecular weight is 485 g/mol. The van der Waals surface area contributed by atoms with Crippen molar-refractivity contribution in [2.24, 2.45) is 0 Å². The van der Waals surface area contributed by atoms with Gasteiger partial charge in [0.25, 0.3) is 0 Å². The van der Waals surface area contributed by atoms with Crippen molar-refractivity contribution in [2.75, 3.05) is 13.1 Å². The molecule has 1 heterocycles. The van der Waals surface area contributed by atoms with Gasteiger partial charge in [0, 0.05) is 19.1 Å². The molecule has 1 saturated heterocycles. The minimum Gasteiger partial charge on any atom is -0.465 e. The van der Waals surface area contributed by atoms with E-state index in [0.717, 1.165) is 30.3 Å². The zero-order chi connectivity index (χ0) is 23.7. The normalized spacial score (nSPS) is 15.8. The lowest BCUT2D eigenvalue weighted by Crippen LogP contribution is -2.46. The minimum absolute atomic E-state index is 0.142. The molecular formula is C21H25FN2O6S2. The molecule has 3 rings (SSSR count). The maximum Gasteiger partial charge on any atom is 0.407 e. The highest BCUT2D eigenvalue weighted by molar-refractivity contribution is 7.91. The lowest BCUT2D eigenvalue weighted by atomic mass is 10.0. The molecule has 0 aromatic heterocycles. The lowest BCUT2D eigenvalue weighted by molar-refractivity contribution is 0.131. The van der Waals surface area contributed by atoms with Crippen LogP contribution in [-0.2, 0) is 19.9 Å². The molecule has 0 radical (unpaired) electrons. The van der Waals surface area contributed by atoms with E-state index < -0.39 is 37.8 Å². The summed E-state index contributed by atoms with van der Waals surface area (Å²) in [4.78, 5) is 11.8. The number of nitrogens with one attached hydrogen (secondary N) is 1. The van der Waals surface area contributed by atoms with Crippen molar-refractivity contribution in [3.05, 3.63) is 53.8 Å². The van der Waals surface area contributed by atoms with Crippen molar-refractivity contribution in [3.63, 3.8) is 0 Å². The number of hydrogen-bond donors (Lipinski definition) is 2. The molecule has 32 heavy (non-hydrogen) atoms. The van der Waals surface area contributed by atoms with Crippen molar-refractivity contribution >= 4 is 26.0 Å². The summed E-state index contributed by atoms with van der Waals surface area (Å²) in [6.07, 6.45) is -0.418. The van der Waals surface area contributed by atoms with Crippen molar-refractivity contribution in [1.82, 2.24) is 9.62 Å². The molecule has 1 aliphatic heterocycles. The van der Waals surface area contributed by atoms with Gasteiger partial charge in [-0.1, -0.05) is 19.9 Å². The van der Waals surface area contributed by atoms with Gasteiger partial charge in [-0.2, -0.15) is 0 Å². The van der Waals surface area contributed by atoms with Crippen LogP contribution in [0.5, 0.6) is 0 Å². The molecule has 174 valence electrons. The first-order valence-corrected chi connectivity index (χ1v) is 13.0. The smallest absolute Gasteiger partial charge is 0.407 e. The zero-order valence-corrected chi connectivity index (χ0v) is 19.3. The van der Waals surface area contributed by atoms with E-state index >= 15 is 0 Å². The second-order valence-corrected chi connectivity index (χ2v) is 11.6. The van der Waals surface area contributed by atoms with Crippen LogP contribution in [0, 0.1) is 5.82 Å². The third-order valence-electron chi connectivity index (χ3n) is 5.42. The molecule has 0 aliphatic carbocycles. The second-order valence-electron chi connectivity index (χ2n) is 7.98. The van der Waals surface area contributed by atoms with Gasteiger partial charge in [-0.05, 0) is 60.7 Å². The molecule has 8 nitrogen and oxygen atoms in total. The van der Waals surface area contributed by atoms with E-state index in [1.807, 2.05) is 0 Å². The highest BCUT2D eigenvalue weighted by atomic mass is 32.2. The van der Waals surface area contributed by atoms with Crippen LogP contribution in [0.3, 0.4) is 0 Å². The van der Waals surface area contributed by atoms with Gasteiger partial charge in [0.15, 0.2) is 0 Å².